The Morgan fingerprint density at radius 3 is 3.17 bits per heavy atom. The lowest BCUT2D eigenvalue weighted by molar-refractivity contribution is 0.447. The van der Waals surface area contributed by atoms with Crippen molar-refractivity contribution in [3.05, 3.63) is 23.1 Å². The first-order valence-corrected chi connectivity index (χ1v) is 4.09. The molecule has 0 aliphatic rings. The molecule has 62 valence electrons. The van der Waals surface area contributed by atoms with Crippen LogP contribution < -0.4 is 0 Å². The molecule has 0 aromatic carbocycles. The molecule has 0 saturated heterocycles. The van der Waals surface area contributed by atoms with Crippen molar-refractivity contribution in [1.82, 2.24) is 10.1 Å². The van der Waals surface area contributed by atoms with Crippen molar-refractivity contribution in [3.8, 4) is 0 Å². The van der Waals surface area contributed by atoms with Gasteiger partial charge in [0.15, 0.2) is 5.58 Å². The van der Waals surface area contributed by atoms with Crippen LogP contribution in [0, 0.1) is 0 Å². The lowest BCUT2D eigenvalue weighted by atomic mass is 10.2. The van der Waals surface area contributed by atoms with E-state index in [1.54, 1.807) is 12.3 Å². The summed E-state index contributed by atoms with van der Waals surface area (Å²) in [5.74, 6) is 0. The van der Waals surface area contributed by atoms with E-state index < -0.39 is 0 Å². The predicted molar refractivity (Wildman–Crippen MR) is 46.2 cm³/mol. The molecular weight excluding hydrogens is 176 g/mol. The second kappa shape index (κ2) is 2.75. The Morgan fingerprint density at radius 1 is 1.58 bits per heavy atom. The fourth-order valence-electron chi connectivity index (χ4n) is 1.15. The van der Waals surface area contributed by atoms with Crippen LogP contribution >= 0.6 is 11.6 Å². The largest absolute Gasteiger partial charge is 0.356 e. The first-order chi connectivity index (χ1) is 5.83. The maximum atomic E-state index is 5.87. The van der Waals surface area contributed by atoms with E-state index in [4.69, 9.17) is 16.1 Å². The summed E-state index contributed by atoms with van der Waals surface area (Å²) in [7, 11) is 0. The molecule has 2 heterocycles. The Hall–Kier alpha value is -1.09. The Balaban J connectivity index is 2.83. The number of pyridine rings is 1. The minimum atomic E-state index is 0.464. The van der Waals surface area contributed by atoms with Gasteiger partial charge in [0.2, 0.25) is 0 Å². The lowest BCUT2D eigenvalue weighted by Gasteiger charge is -1.90. The number of hydrogen-bond acceptors (Lipinski definition) is 3. The standard InChI is InChI=1S/C8H7ClN2O/c1-2-5-7-6(12-11-5)3-4-10-8(7)9/h3-4H,2H2,1H3. The summed E-state index contributed by atoms with van der Waals surface area (Å²) in [6.45, 7) is 2.00. The number of halogens is 1. The molecule has 0 saturated carbocycles. The van der Waals surface area contributed by atoms with Gasteiger partial charge in [-0.05, 0) is 6.42 Å². The highest BCUT2D eigenvalue weighted by Gasteiger charge is 2.09. The quantitative estimate of drug-likeness (QED) is 0.636. The van der Waals surface area contributed by atoms with Crippen molar-refractivity contribution in [1.29, 1.82) is 0 Å². The zero-order valence-electron chi connectivity index (χ0n) is 6.54. The van der Waals surface area contributed by atoms with E-state index in [1.165, 1.54) is 0 Å². The van der Waals surface area contributed by atoms with Crippen LogP contribution in [0.15, 0.2) is 16.8 Å². The van der Waals surface area contributed by atoms with Crippen LogP contribution in [-0.4, -0.2) is 10.1 Å². The van der Waals surface area contributed by atoms with E-state index in [-0.39, 0.29) is 0 Å². The van der Waals surface area contributed by atoms with Crippen molar-refractivity contribution in [3.63, 3.8) is 0 Å². The average molecular weight is 183 g/mol. The molecular formula is C8H7ClN2O. The lowest BCUT2D eigenvalue weighted by Crippen LogP contribution is -1.81. The van der Waals surface area contributed by atoms with Crippen molar-refractivity contribution in [2.45, 2.75) is 13.3 Å². The fraction of sp³-hybridized carbons (Fsp3) is 0.250. The van der Waals surface area contributed by atoms with E-state index in [9.17, 15) is 0 Å². The molecule has 0 aliphatic carbocycles. The highest BCUT2D eigenvalue weighted by Crippen LogP contribution is 2.24. The van der Waals surface area contributed by atoms with Crippen LogP contribution in [0.25, 0.3) is 11.0 Å². The summed E-state index contributed by atoms with van der Waals surface area (Å²) in [4.78, 5) is 3.95. The predicted octanol–water partition coefficient (Wildman–Crippen LogP) is 2.44. The smallest absolute Gasteiger partial charge is 0.171 e. The van der Waals surface area contributed by atoms with Gasteiger partial charge in [-0.1, -0.05) is 23.7 Å². The number of nitrogens with zero attached hydrogens (tertiary/aromatic N) is 2. The van der Waals surface area contributed by atoms with Gasteiger partial charge in [-0.3, -0.25) is 0 Å². The summed E-state index contributed by atoms with van der Waals surface area (Å²) in [6.07, 6.45) is 2.41. The van der Waals surface area contributed by atoms with Crippen LogP contribution in [-0.2, 0) is 6.42 Å². The third-order valence-electron chi connectivity index (χ3n) is 1.74. The molecule has 12 heavy (non-hydrogen) atoms. The Bertz CT molecular complexity index is 410. The van der Waals surface area contributed by atoms with Gasteiger partial charge >= 0.3 is 0 Å². The van der Waals surface area contributed by atoms with Gasteiger partial charge in [-0.15, -0.1) is 0 Å². The number of rotatable bonds is 1. The van der Waals surface area contributed by atoms with Gasteiger partial charge in [-0.2, -0.15) is 0 Å². The zero-order valence-corrected chi connectivity index (χ0v) is 7.30. The van der Waals surface area contributed by atoms with Crippen molar-refractivity contribution >= 4 is 22.6 Å². The third kappa shape index (κ3) is 0.975. The van der Waals surface area contributed by atoms with E-state index in [2.05, 4.69) is 10.1 Å². The van der Waals surface area contributed by atoms with Crippen molar-refractivity contribution in [2.75, 3.05) is 0 Å². The molecule has 0 spiro atoms. The summed E-state index contributed by atoms with van der Waals surface area (Å²) >= 11 is 5.87. The maximum Gasteiger partial charge on any atom is 0.171 e. The second-order valence-electron chi connectivity index (χ2n) is 2.46. The molecule has 3 nitrogen and oxygen atoms in total. The molecule has 0 unspecified atom stereocenters. The minimum absolute atomic E-state index is 0.464. The van der Waals surface area contributed by atoms with Crippen LogP contribution in [0.3, 0.4) is 0 Å². The molecule has 0 atom stereocenters. The monoisotopic (exact) mass is 182 g/mol. The molecule has 2 aromatic heterocycles. The highest BCUT2D eigenvalue weighted by atomic mass is 35.5. The first kappa shape index (κ1) is 7.55. The van der Waals surface area contributed by atoms with Crippen LogP contribution in [0.1, 0.15) is 12.6 Å². The molecule has 4 heteroatoms. The summed E-state index contributed by atoms with van der Waals surface area (Å²) in [5, 5.41) is 5.17. The minimum Gasteiger partial charge on any atom is -0.356 e. The molecule has 2 rings (SSSR count). The van der Waals surface area contributed by atoms with Gasteiger partial charge in [-0.25, -0.2) is 4.98 Å². The normalized spacial score (nSPS) is 10.8. The fourth-order valence-corrected chi connectivity index (χ4v) is 1.41. The molecule has 0 aliphatic heterocycles. The summed E-state index contributed by atoms with van der Waals surface area (Å²) < 4.78 is 5.05. The summed E-state index contributed by atoms with van der Waals surface area (Å²) in [6, 6.07) is 1.76. The van der Waals surface area contributed by atoms with Crippen molar-refractivity contribution < 1.29 is 4.52 Å². The molecule has 0 radical (unpaired) electrons. The van der Waals surface area contributed by atoms with E-state index in [0.717, 1.165) is 17.5 Å². The van der Waals surface area contributed by atoms with Crippen LogP contribution in [0.4, 0.5) is 0 Å². The molecule has 0 fully saturated rings. The Labute approximate surface area is 74.3 Å². The van der Waals surface area contributed by atoms with Crippen molar-refractivity contribution in [2.24, 2.45) is 0 Å². The SMILES string of the molecule is CCc1noc2ccnc(Cl)c12. The van der Waals surface area contributed by atoms with E-state index in [0.29, 0.717) is 10.7 Å². The van der Waals surface area contributed by atoms with E-state index >= 15 is 0 Å². The number of hydrogen-bond donors (Lipinski definition) is 0. The molecule has 0 amide bonds. The van der Waals surface area contributed by atoms with Crippen LogP contribution in [0.5, 0.6) is 0 Å². The van der Waals surface area contributed by atoms with Gasteiger partial charge in [0.25, 0.3) is 0 Å². The molecule has 2 aromatic rings. The number of fused-ring (bicyclic) bond motifs is 1. The first-order valence-electron chi connectivity index (χ1n) is 3.71. The maximum absolute atomic E-state index is 5.87. The van der Waals surface area contributed by atoms with Gasteiger partial charge in [0, 0.05) is 12.3 Å². The van der Waals surface area contributed by atoms with Crippen LogP contribution in [0.2, 0.25) is 5.15 Å². The van der Waals surface area contributed by atoms with Gasteiger partial charge in [0.05, 0.1) is 11.1 Å². The average Bonchev–Trinajstić information content (AvgIpc) is 2.49. The topological polar surface area (TPSA) is 38.9 Å². The highest BCUT2D eigenvalue weighted by molar-refractivity contribution is 6.34. The Kier molecular flexibility index (Phi) is 1.73. The molecule has 0 bridgehead atoms. The molecule has 0 N–H and O–H groups in total. The van der Waals surface area contributed by atoms with Gasteiger partial charge < -0.3 is 4.52 Å². The number of aromatic nitrogens is 2. The summed E-state index contributed by atoms with van der Waals surface area (Å²) in [5.41, 5.74) is 1.56. The third-order valence-corrected chi connectivity index (χ3v) is 2.03. The Morgan fingerprint density at radius 2 is 2.42 bits per heavy atom. The number of aryl methyl sites for hydroxylation is 1. The zero-order chi connectivity index (χ0) is 8.55. The van der Waals surface area contributed by atoms with E-state index in [1.807, 2.05) is 6.92 Å². The second-order valence-corrected chi connectivity index (χ2v) is 2.82. The van der Waals surface area contributed by atoms with Gasteiger partial charge in [0.1, 0.15) is 5.15 Å².